The first kappa shape index (κ1) is 13.1. The van der Waals surface area contributed by atoms with Crippen molar-refractivity contribution in [3.63, 3.8) is 0 Å². The summed E-state index contributed by atoms with van der Waals surface area (Å²) in [5, 5.41) is 0. The molecule has 3 heteroatoms. The van der Waals surface area contributed by atoms with E-state index < -0.39 is 0 Å². The van der Waals surface area contributed by atoms with Crippen molar-refractivity contribution in [3.05, 3.63) is 59.2 Å². The molecule has 0 unspecified atom stereocenters. The van der Waals surface area contributed by atoms with E-state index in [9.17, 15) is 4.79 Å². The fourth-order valence-electron chi connectivity index (χ4n) is 1.84. The lowest BCUT2D eigenvalue weighted by Gasteiger charge is -2.07. The Labute approximate surface area is 113 Å². The molecule has 2 aromatic carbocycles. The van der Waals surface area contributed by atoms with Crippen molar-refractivity contribution < 1.29 is 9.53 Å². The number of anilines is 1. The van der Waals surface area contributed by atoms with Gasteiger partial charge in [0.05, 0.1) is 6.61 Å². The highest BCUT2D eigenvalue weighted by Crippen LogP contribution is 2.19. The number of aryl methyl sites for hydroxylation is 1. The Bertz CT molecular complexity index is 605. The fourth-order valence-corrected chi connectivity index (χ4v) is 1.84. The standard InChI is InChI=1S/C16H17NO2/c1-3-19-14-6-4-5-12(9-14)16(18)13-8-7-11(2)15(17)10-13/h4-10H,3,17H2,1-2H3. The van der Waals surface area contributed by atoms with E-state index in [-0.39, 0.29) is 5.78 Å². The molecule has 0 heterocycles. The maximum absolute atomic E-state index is 12.4. The van der Waals surface area contributed by atoms with E-state index in [1.165, 1.54) is 0 Å². The molecule has 0 aliphatic heterocycles. The van der Waals surface area contributed by atoms with Gasteiger partial charge in [0.1, 0.15) is 5.75 Å². The molecule has 98 valence electrons. The van der Waals surface area contributed by atoms with Gasteiger partial charge >= 0.3 is 0 Å². The van der Waals surface area contributed by atoms with Gasteiger partial charge in [-0.1, -0.05) is 24.3 Å². The Balaban J connectivity index is 2.32. The summed E-state index contributed by atoms with van der Waals surface area (Å²) in [4.78, 5) is 12.4. The Morgan fingerprint density at radius 1 is 1.16 bits per heavy atom. The molecule has 0 fully saturated rings. The highest BCUT2D eigenvalue weighted by Gasteiger charge is 2.10. The highest BCUT2D eigenvalue weighted by atomic mass is 16.5. The van der Waals surface area contributed by atoms with Crippen LogP contribution in [-0.4, -0.2) is 12.4 Å². The second kappa shape index (κ2) is 5.57. The van der Waals surface area contributed by atoms with E-state index in [4.69, 9.17) is 10.5 Å². The van der Waals surface area contributed by atoms with Crippen LogP contribution in [0.4, 0.5) is 5.69 Å². The van der Waals surface area contributed by atoms with E-state index >= 15 is 0 Å². The first-order chi connectivity index (χ1) is 9.11. The lowest BCUT2D eigenvalue weighted by molar-refractivity contribution is 0.103. The molecule has 0 saturated carbocycles. The molecule has 0 spiro atoms. The summed E-state index contributed by atoms with van der Waals surface area (Å²) in [6, 6.07) is 12.5. The quantitative estimate of drug-likeness (QED) is 0.674. The van der Waals surface area contributed by atoms with Crippen molar-refractivity contribution in [3.8, 4) is 5.75 Å². The molecular weight excluding hydrogens is 238 g/mol. The Hall–Kier alpha value is -2.29. The summed E-state index contributed by atoms with van der Waals surface area (Å²) in [5.74, 6) is 0.654. The van der Waals surface area contributed by atoms with Crippen LogP contribution in [0.5, 0.6) is 5.75 Å². The first-order valence-electron chi connectivity index (χ1n) is 6.25. The Kier molecular flexibility index (Phi) is 3.85. The van der Waals surface area contributed by atoms with Gasteiger partial charge in [-0.15, -0.1) is 0 Å². The highest BCUT2D eigenvalue weighted by molar-refractivity contribution is 6.09. The lowest BCUT2D eigenvalue weighted by Crippen LogP contribution is -2.03. The number of carbonyl (C=O) groups is 1. The largest absolute Gasteiger partial charge is 0.494 e. The normalized spacial score (nSPS) is 10.2. The molecule has 0 atom stereocenters. The number of rotatable bonds is 4. The summed E-state index contributed by atoms with van der Waals surface area (Å²) in [6.45, 7) is 4.41. The third-order valence-corrected chi connectivity index (χ3v) is 2.95. The molecule has 2 aromatic rings. The molecular formula is C16H17NO2. The van der Waals surface area contributed by atoms with Gasteiger partial charge in [0.25, 0.3) is 0 Å². The second-order valence-electron chi connectivity index (χ2n) is 4.36. The van der Waals surface area contributed by atoms with Crippen LogP contribution in [0.3, 0.4) is 0 Å². The molecule has 0 aliphatic rings. The Morgan fingerprint density at radius 2 is 1.89 bits per heavy atom. The van der Waals surface area contributed by atoms with Crippen LogP contribution in [0, 0.1) is 6.92 Å². The zero-order chi connectivity index (χ0) is 13.8. The van der Waals surface area contributed by atoms with Crippen molar-refractivity contribution in [2.45, 2.75) is 13.8 Å². The van der Waals surface area contributed by atoms with E-state index in [1.54, 1.807) is 24.3 Å². The van der Waals surface area contributed by atoms with Crippen LogP contribution in [0.15, 0.2) is 42.5 Å². The predicted octanol–water partition coefficient (Wildman–Crippen LogP) is 3.21. The lowest BCUT2D eigenvalue weighted by atomic mass is 10.0. The molecule has 0 bridgehead atoms. The maximum atomic E-state index is 12.4. The molecule has 2 N–H and O–H groups in total. The number of hydrogen-bond acceptors (Lipinski definition) is 3. The van der Waals surface area contributed by atoms with Gasteiger partial charge in [0.2, 0.25) is 0 Å². The average Bonchev–Trinajstić information content (AvgIpc) is 2.42. The van der Waals surface area contributed by atoms with E-state index in [1.807, 2.05) is 32.0 Å². The summed E-state index contributed by atoms with van der Waals surface area (Å²) in [6.07, 6.45) is 0. The zero-order valence-corrected chi connectivity index (χ0v) is 11.1. The number of hydrogen-bond donors (Lipinski definition) is 1. The van der Waals surface area contributed by atoms with E-state index in [2.05, 4.69) is 0 Å². The minimum absolute atomic E-state index is 0.0479. The molecule has 3 nitrogen and oxygen atoms in total. The van der Waals surface area contributed by atoms with Gasteiger partial charge in [-0.2, -0.15) is 0 Å². The summed E-state index contributed by atoms with van der Waals surface area (Å²) in [7, 11) is 0. The zero-order valence-electron chi connectivity index (χ0n) is 11.1. The number of carbonyl (C=O) groups excluding carboxylic acids is 1. The molecule has 0 amide bonds. The molecule has 2 rings (SSSR count). The monoisotopic (exact) mass is 255 g/mol. The number of ketones is 1. The summed E-state index contributed by atoms with van der Waals surface area (Å²) >= 11 is 0. The van der Waals surface area contributed by atoms with Gasteiger partial charge < -0.3 is 10.5 Å². The average molecular weight is 255 g/mol. The van der Waals surface area contributed by atoms with Crippen molar-refractivity contribution in [1.82, 2.24) is 0 Å². The van der Waals surface area contributed by atoms with Crippen LogP contribution in [0.2, 0.25) is 0 Å². The molecule has 19 heavy (non-hydrogen) atoms. The smallest absolute Gasteiger partial charge is 0.193 e. The summed E-state index contributed by atoms with van der Waals surface area (Å²) in [5.41, 5.74) is 8.64. The maximum Gasteiger partial charge on any atom is 0.193 e. The first-order valence-corrected chi connectivity index (χ1v) is 6.25. The number of nitrogens with two attached hydrogens (primary N) is 1. The minimum atomic E-state index is -0.0479. The van der Waals surface area contributed by atoms with Gasteiger partial charge in [-0.05, 0) is 37.6 Å². The number of benzene rings is 2. The third kappa shape index (κ3) is 2.94. The van der Waals surface area contributed by atoms with Gasteiger partial charge in [0, 0.05) is 16.8 Å². The van der Waals surface area contributed by atoms with E-state index in [0.29, 0.717) is 29.2 Å². The van der Waals surface area contributed by atoms with Crippen LogP contribution < -0.4 is 10.5 Å². The van der Waals surface area contributed by atoms with Crippen LogP contribution in [0.1, 0.15) is 28.4 Å². The van der Waals surface area contributed by atoms with Crippen molar-refractivity contribution in [1.29, 1.82) is 0 Å². The van der Waals surface area contributed by atoms with E-state index in [0.717, 1.165) is 5.56 Å². The number of nitrogen functional groups attached to an aromatic ring is 1. The van der Waals surface area contributed by atoms with Crippen molar-refractivity contribution in [2.24, 2.45) is 0 Å². The fraction of sp³-hybridized carbons (Fsp3) is 0.188. The third-order valence-electron chi connectivity index (χ3n) is 2.95. The predicted molar refractivity (Wildman–Crippen MR) is 76.6 cm³/mol. The van der Waals surface area contributed by atoms with Crippen LogP contribution in [-0.2, 0) is 0 Å². The summed E-state index contributed by atoms with van der Waals surface area (Å²) < 4.78 is 5.40. The second-order valence-corrected chi connectivity index (χ2v) is 4.36. The van der Waals surface area contributed by atoms with Crippen LogP contribution >= 0.6 is 0 Å². The van der Waals surface area contributed by atoms with Gasteiger partial charge in [-0.3, -0.25) is 4.79 Å². The molecule has 0 aliphatic carbocycles. The van der Waals surface area contributed by atoms with Crippen molar-refractivity contribution >= 4 is 11.5 Å². The topological polar surface area (TPSA) is 52.3 Å². The van der Waals surface area contributed by atoms with Gasteiger partial charge in [0.15, 0.2) is 5.78 Å². The van der Waals surface area contributed by atoms with Crippen molar-refractivity contribution in [2.75, 3.05) is 12.3 Å². The van der Waals surface area contributed by atoms with Crippen LogP contribution in [0.25, 0.3) is 0 Å². The molecule has 0 saturated heterocycles. The minimum Gasteiger partial charge on any atom is -0.494 e. The molecule has 0 radical (unpaired) electrons. The molecule has 0 aromatic heterocycles. The Morgan fingerprint density at radius 3 is 2.58 bits per heavy atom. The SMILES string of the molecule is CCOc1cccc(C(=O)c2ccc(C)c(N)c2)c1. The van der Waals surface area contributed by atoms with Gasteiger partial charge in [-0.25, -0.2) is 0 Å². The number of ether oxygens (including phenoxy) is 1.